The van der Waals surface area contributed by atoms with Gasteiger partial charge < -0.3 is 14.8 Å². The van der Waals surface area contributed by atoms with Crippen molar-refractivity contribution < 1.29 is 19.1 Å². The van der Waals surface area contributed by atoms with Crippen molar-refractivity contribution >= 4 is 11.9 Å². The lowest BCUT2D eigenvalue weighted by Gasteiger charge is -2.09. The Kier molecular flexibility index (Phi) is 6.37. The lowest BCUT2D eigenvalue weighted by molar-refractivity contribution is -0.143. The molecular formula is C19H21NO4. The van der Waals surface area contributed by atoms with Gasteiger partial charge in [-0.3, -0.25) is 9.59 Å². The fourth-order valence-corrected chi connectivity index (χ4v) is 2.02. The van der Waals surface area contributed by atoms with Crippen LogP contribution in [0.2, 0.25) is 0 Å². The van der Waals surface area contributed by atoms with E-state index in [1.165, 1.54) is 0 Å². The summed E-state index contributed by atoms with van der Waals surface area (Å²) >= 11 is 0. The first-order chi connectivity index (χ1) is 11.6. The SMILES string of the molecule is Cc1ccc(C(=O)NCC(=O)OCCOc2ccccc2)cc1C. The van der Waals surface area contributed by atoms with Crippen LogP contribution in [-0.4, -0.2) is 31.6 Å². The Morgan fingerprint density at radius 3 is 2.42 bits per heavy atom. The maximum absolute atomic E-state index is 12.0. The van der Waals surface area contributed by atoms with Crippen molar-refractivity contribution in [1.29, 1.82) is 0 Å². The average Bonchev–Trinajstić information content (AvgIpc) is 2.60. The molecule has 0 saturated heterocycles. The molecule has 24 heavy (non-hydrogen) atoms. The maximum atomic E-state index is 12.0. The molecule has 0 bridgehead atoms. The number of benzene rings is 2. The molecule has 2 aromatic rings. The van der Waals surface area contributed by atoms with Crippen LogP contribution in [0.15, 0.2) is 48.5 Å². The highest BCUT2D eigenvalue weighted by atomic mass is 16.6. The van der Waals surface area contributed by atoms with Gasteiger partial charge in [-0.25, -0.2) is 0 Å². The molecule has 0 spiro atoms. The van der Waals surface area contributed by atoms with Crippen LogP contribution in [-0.2, 0) is 9.53 Å². The molecule has 2 rings (SSSR count). The van der Waals surface area contributed by atoms with Crippen molar-refractivity contribution in [3.8, 4) is 5.75 Å². The predicted molar refractivity (Wildman–Crippen MR) is 91.1 cm³/mol. The molecule has 0 aliphatic carbocycles. The second kappa shape index (κ2) is 8.72. The first-order valence-corrected chi connectivity index (χ1v) is 7.75. The van der Waals surface area contributed by atoms with Crippen molar-refractivity contribution in [3.63, 3.8) is 0 Å². The van der Waals surface area contributed by atoms with Crippen LogP contribution in [0.3, 0.4) is 0 Å². The van der Waals surface area contributed by atoms with E-state index in [4.69, 9.17) is 9.47 Å². The standard InChI is InChI=1S/C19H21NO4/c1-14-8-9-16(12-15(14)2)19(22)20-13-18(21)24-11-10-23-17-6-4-3-5-7-17/h3-9,12H,10-11,13H2,1-2H3,(H,20,22). The summed E-state index contributed by atoms with van der Waals surface area (Å²) in [7, 11) is 0. The molecule has 0 aromatic heterocycles. The van der Waals surface area contributed by atoms with Crippen LogP contribution in [0.1, 0.15) is 21.5 Å². The second-order valence-corrected chi connectivity index (χ2v) is 5.36. The normalized spacial score (nSPS) is 10.1. The van der Waals surface area contributed by atoms with E-state index in [0.717, 1.165) is 16.9 Å². The zero-order valence-electron chi connectivity index (χ0n) is 13.9. The van der Waals surface area contributed by atoms with Crippen LogP contribution in [0, 0.1) is 13.8 Å². The first-order valence-electron chi connectivity index (χ1n) is 7.75. The van der Waals surface area contributed by atoms with Crippen molar-refractivity contribution in [2.24, 2.45) is 0 Å². The molecule has 0 heterocycles. The summed E-state index contributed by atoms with van der Waals surface area (Å²) in [4.78, 5) is 23.6. The Balaban J connectivity index is 1.67. The molecule has 1 amide bonds. The van der Waals surface area contributed by atoms with Crippen molar-refractivity contribution in [3.05, 3.63) is 65.2 Å². The summed E-state index contributed by atoms with van der Waals surface area (Å²) < 4.78 is 10.4. The summed E-state index contributed by atoms with van der Waals surface area (Å²) in [5.74, 6) is -0.0731. The van der Waals surface area contributed by atoms with Crippen LogP contribution in [0.4, 0.5) is 0 Å². The third kappa shape index (κ3) is 5.43. The molecule has 5 nitrogen and oxygen atoms in total. The van der Waals surface area contributed by atoms with Gasteiger partial charge in [-0.15, -0.1) is 0 Å². The van der Waals surface area contributed by atoms with Crippen LogP contribution >= 0.6 is 0 Å². The third-order valence-electron chi connectivity index (χ3n) is 3.52. The van der Waals surface area contributed by atoms with Gasteiger partial charge in [-0.05, 0) is 49.2 Å². The zero-order valence-corrected chi connectivity index (χ0v) is 13.9. The number of carbonyl (C=O) groups excluding carboxylic acids is 2. The van der Waals surface area contributed by atoms with Gasteiger partial charge >= 0.3 is 5.97 Å². The van der Waals surface area contributed by atoms with Gasteiger partial charge in [0.15, 0.2) is 0 Å². The molecule has 0 aliphatic heterocycles. The fourth-order valence-electron chi connectivity index (χ4n) is 2.02. The van der Waals surface area contributed by atoms with Gasteiger partial charge in [0.1, 0.15) is 25.5 Å². The molecule has 0 unspecified atom stereocenters. The van der Waals surface area contributed by atoms with Crippen LogP contribution < -0.4 is 10.1 Å². The van der Waals surface area contributed by atoms with Gasteiger partial charge in [0.2, 0.25) is 0 Å². The molecule has 0 atom stereocenters. The molecule has 1 N–H and O–H groups in total. The van der Waals surface area contributed by atoms with Gasteiger partial charge in [0.05, 0.1) is 0 Å². The molecule has 0 saturated carbocycles. The van der Waals surface area contributed by atoms with Crippen LogP contribution in [0.25, 0.3) is 0 Å². The van der Waals surface area contributed by atoms with E-state index in [2.05, 4.69) is 5.32 Å². The monoisotopic (exact) mass is 327 g/mol. The molecule has 126 valence electrons. The highest BCUT2D eigenvalue weighted by Gasteiger charge is 2.09. The number of hydrogen-bond donors (Lipinski definition) is 1. The molecule has 0 aliphatic rings. The minimum atomic E-state index is -0.496. The summed E-state index contributed by atoms with van der Waals surface area (Å²) in [6, 6.07) is 14.7. The number of amides is 1. The van der Waals surface area contributed by atoms with Crippen molar-refractivity contribution in [2.45, 2.75) is 13.8 Å². The summed E-state index contributed by atoms with van der Waals surface area (Å²) in [5.41, 5.74) is 2.67. The number of ether oxygens (including phenoxy) is 2. The average molecular weight is 327 g/mol. The predicted octanol–water partition coefficient (Wildman–Crippen LogP) is 2.66. The first kappa shape index (κ1) is 17.5. The second-order valence-electron chi connectivity index (χ2n) is 5.36. The van der Waals surface area contributed by atoms with E-state index >= 15 is 0 Å². The van der Waals surface area contributed by atoms with E-state index in [1.54, 1.807) is 12.1 Å². The fraction of sp³-hybridized carbons (Fsp3) is 0.263. The number of rotatable bonds is 7. The van der Waals surface area contributed by atoms with Gasteiger partial charge in [-0.1, -0.05) is 24.3 Å². The Hall–Kier alpha value is -2.82. The minimum absolute atomic E-state index is 0.132. The third-order valence-corrected chi connectivity index (χ3v) is 3.52. The zero-order chi connectivity index (χ0) is 17.4. The Bertz CT molecular complexity index is 698. The number of carbonyl (C=O) groups is 2. The number of esters is 1. The summed E-state index contributed by atoms with van der Waals surface area (Å²) in [6.07, 6.45) is 0. The number of aryl methyl sites for hydroxylation is 2. The van der Waals surface area contributed by atoms with E-state index in [-0.39, 0.29) is 25.7 Å². The van der Waals surface area contributed by atoms with Gasteiger partial charge in [-0.2, -0.15) is 0 Å². The topological polar surface area (TPSA) is 64.6 Å². The molecular weight excluding hydrogens is 306 g/mol. The quantitative estimate of drug-likeness (QED) is 0.627. The lowest BCUT2D eigenvalue weighted by Crippen LogP contribution is -2.31. The summed E-state index contributed by atoms with van der Waals surface area (Å²) in [6.45, 7) is 4.14. The van der Waals surface area contributed by atoms with Crippen LogP contribution in [0.5, 0.6) is 5.75 Å². The Morgan fingerprint density at radius 2 is 1.71 bits per heavy atom. The largest absolute Gasteiger partial charge is 0.490 e. The maximum Gasteiger partial charge on any atom is 0.325 e. The highest BCUT2D eigenvalue weighted by molar-refractivity contribution is 5.96. The van der Waals surface area contributed by atoms with Gasteiger partial charge in [0, 0.05) is 5.56 Å². The number of hydrogen-bond acceptors (Lipinski definition) is 4. The van der Waals surface area contributed by atoms with Crippen molar-refractivity contribution in [2.75, 3.05) is 19.8 Å². The van der Waals surface area contributed by atoms with E-state index in [9.17, 15) is 9.59 Å². The molecule has 0 fully saturated rings. The van der Waals surface area contributed by atoms with E-state index < -0.39 is 5.97 Å². The van der Waals surface area contributed by atoms with Crippen molar-refractivity contribution in [1.82, 2.24) is 5.32 Å². The number of para-hydroxylation sites is 1. The molecule has 2 aromatic carbocycles. The molecule has 0 radical (unpaired) electrons. The summed E-state index contributed by atoms with van der Waals surface area (Å²) in [5, 5.41) is 2.55. The van der Waals surface area contributed by atoms with E-state index in [1.807, 2.05) is 50.2 Å². The molecule has 5 heteroatoms. The Morgan fingerprint density at radius 1 is 0.958 bits per heavy atom. The smallest absolute Gasteiger partial charge is 0.325 e. The number of nitrogens with one attached hydrogen (secondary N) is 1. The lowest BCUT2D eigenvalue weighted by atomic mass is 10.1. The Labute approximate surface area is 141 Å². The highest BCUT2D eigenvalue weighted by Crippen LogP contribution is 2.09. The minimum Gasteiger partial charge on any atom is -0.490 e. The van der Waals surface area contributed by atoms with E-state index in [0.29, 0.717) is 5.56 Å². The van der Waals surface area contributed by atoms with Gasteiger partial charge in [0.25, 0.3) is 5.91 Å².